The summed E-state index contributed by atoms with van der Waals surface area (Å²) in [6, 6.07) is 0. The number of thiazole rings is 1. The molecule has 94 valence electrons. The lowest BCUT2D eigenvalue weighted by Crippen LogP contribution is -2.29. The van der Waals surface area contributed by atoms with E-state index in [1.165, 1.54) is 11.3 Å². The number of aromatic nitrogens is 1. The van der Waals surface area contributed by atoms with Gasteiger partial charge in [0.25, 0.3) is 5.91 Å². The molecule has 0 unspecified atom stereocenters. The average molecular weight is 258 g/mol. The van der Waals surface area contributed by atoms with Crippen molar-refractivity contribution in [2.45, 2.75) is 6.42 Å². The van der Waals surface area contributed by atoms with Crippen molar-refractivity contribution in [3.05, 3.63) is 16.1 Å². The minimum atomic E-state index is -0.863. The third-order valence-electron chi connectivity index (χ3n) is 1.77. The quantitative estimate of drug-likeness (QED) is 0.592. The third kappa shape index (κ3) is 4.79. The number of nitrogens with one attached hydrogen (secondary N) is 1. The van der Waals surface area contributed by atoms with Crippen LogP contribution < -0.4 is 16.8 Å². The zero-order valence-electron chi connectivity index (χ0n) is 9.14. The van der Waals surface area contributed by atoms with Gasteiger partial charge in [-0.2, -0.15) is 0 Å². The molecule has 0 saturated heterocycles. The van der Waals surface area contributed by atoms with Gasteiger partial charge < -0.3 is 21.5 Å². The first-order chi connectivity index (χ1) is 8.13. The summed E-state index contributed by atoms with van der Waals surface area (Å²) < 4.78 is 4.46. The van der Waals surface area contributed by atoms with Gasteiger partial charge in [0.05, 0.1) is 11.6 Å². The molecule has 0 bridgehead atoms. The Labute approximate surface area is 102 Å². The zero-order chi connectivity index (χ0) is 12.7. The van der Waals surface area contributed by atoms with Gasteiger partial charge in [-0.1, -0.05) is 0 Å². The topological polar surface area (TPSA) is 120 Å². The molecule has 0 aliphatic heterocycles. The summed E-state index contributed by atoms with van der Waals surface area (Å²) in [5, 5.41) is 5.04. The standard InChI is InChI=1S/C9H14N4O3S/c10-2-1-7-13-6(5-17-7)8(14)12-3-4-16-9(11)15/h5H,1-4,10H2,(H2,11,15)(H,12,14). The van der Waals surface area contributed by atoms with Gasteiger partial charge in [-0.05, 0) is 6.54 Å². The van der Waals surface area contributed by atoms with E-state index in [9.17, 15) is 9.59 Å². The van der Waals surface area contributed by atoms with Crippen molar-refractivity contribution in [2.75, 3.05) is 19.7 Å². The Balaban J connectivity index is 2.33. The summed E-state index contributed by atoms with van der Waals surface area (Å²) in [5.41, 5.74) is 10.5. The van der Waals surface area contributed by atoms with Crippen LogP contribution in [0.25, 0.3) is 0 Å². The summed E-state index contributed by atoms with van der Waals surface area (Å²) >= 11 is 1.39. The van der Waals surface area contributed by atoms with E-state index >= 15 is 0 Å². The van der Waals surface area contributed by atoms with E-state index in [-0.39, 0.29) is 19.1 Å². The Morgan fingerprint density at radius 1 is 1.53 bits per heavy atom. The number of hydrogen-bond acceptors (Lipinski definition) is 6. The van der Waals surface area contributed by atoms with E-state index in [0.29, 0.717) is 18.7 Å². The van der Waals surface area contributed by atoms with E-state index < -0.39 is 6.09 Å². The lowest BCUT2D eigenvalue weighted by molar-refractivity contribution is 0.0932. The molecule has 0 spiro atoms. The fourth-order valence-corrected chi connectivity index (χ4v) is 1.85. The number of rotatable bonds is 6. The number of carbonyl (C=O) groups excluding carboxylic acids is 2. The molecular weight excluding hydrogens is 244 g/mol. The lowest BCUT2D eigenvalue weighted by atomic mass is 10.4. The fraction of sp³-hybridized carbons (Fsp3) is 0.444. The van der Waals surface area contributed by atoms with Gasteiger partial charge in [0, 0.05) is 11.8 Å². The zero-order valence-corrected chi connectivity index (χ0v) is 9.96. The molecule has 0 aliphatic carbocycles. The maximum Gasteiger partial charge on any atom is 0.404 e. The van der Waals surface area contributed by atoms with Crippen molar-refractivity contribution in [1.82, 2.24) is 10.3 Å². The summed E-state index contributed by atoms with van der Waals surface area (Å²) in [5.74, 6) is -0.308. The van der Waals surface area contributed by atoms with Crippen molar-refractivity contribution in [1.29, 1.82) is 0 Å². The van der Waals surface area contributed by atoms with Crippen LogP contribution >= 0.6 is 11.3 Å². The van der Waals surface area contributed by atoms with E-state index in [1.54, 1.807) is 5.38 Å². The maximum absolute atomic E-state index is 11.5. The molecule has 0 aromatic carbocycles. The van der Waals surface area contributed by atoms with Gasteiger partial charge in [-0.15, -0.1) is 11.3 Å². The van der Waals surface area contributed by atoms with Crippen LogP contribution in [0.2, 0.25) is 0 Å². The predicted octanol–water partition coefficient (Wildman–Crippen LogP) is -0.531. The molecular formula is C9H14N4O3S. The molecule has 5 N–H and O–H groups in total. The number of primary amides is 1. The van der Waals surface area contributed by atoms with Gasteiger partial charge in [0.15, 0.2) is 0 Å². The molecule has 1 rings (SSSR count). The Kier molecular flexibility index (Phi) is 5.37. The lowest BCUT2D eigenvalue weighted by Gasteiger charge is -2.02. The van der Waals surface area contributed by atoms with Crippen LogP contribution in [0.4, 0.5) is 4.79 Å². The van der Waals surface area contributed by atoms with Crippen LogP contribution in [0.1, 0.15) is 15.5 Å². The molecule has 1 aromatic rings. The van der Waals surface area contributed by atoms with Crippen LogP contribution in [0, 0.1) is 0 Å². The summed E-state index contributed by atoms with van der Waals surface area (Å²) in [6.07, 6.45) is -0.207. The van der Waals surface area contributed by atoms with E-state index in [4.69, 9.17) is 11.5 Å². The van der Waals surface area contributed by atoms with Crippen molar-refractivity contribution < 1.29 is 14.3 Å². The first-order valence-electron chi connectivity index (χ1n) is 4.98. The third-order valence-corrected chi connectivity index (χ3v) is 2.68. The molecule has 17 heavy (non-hydrogen) atoms. The van der Waals surface area contributed by atoms with E-state index in [1.807, 2.05) is 0 Å². The van der Waals surface area contributed by atoms with Gasteiger partial charge in [-0.3, -0.25) is 4.79 Å². The highest BCUT2D eigenvalue weighted by atomic mass is 32.1. The SMILES string of the molecule is NCCc1nc(C(=O)NCCOC(N)=O)cs1. The van der Waals surface area contributed by atoms with Gasteiger partial charge in [-0.25, -0.2) is 9.78 Å². The number of nitrogens with two attached hydrogens (primary N) is 2. The van der Waals surface area contributed by atoms with Crippen LogP contribution in [0.5, 0.6) is 0 Å². The summed E-state index contributed by atoms with van der Waals surface area (Å²) in [7, 11) is 0. The maximum atomic E-state index is 11.5. The van der Waals surface area contributed by atoms with Gasteiger partial charge in [0.2, 0.25) is 0 Å². The summed E-state index contributed by atoms with van der Waals surface area (Å²) in [6.45, 7) is 0.743. The first-order valence-corrected chi connectivity index (χ1v) is 5.86. The van der Waals surface area contributed by atoms with Gasteiger partial charge in [0.1, 0.15) is 12.3 Å². The molecule has 2 amide bonds. The Hall–Kier alpha value is -1.67. The molecule has 0 atom stereocenters. The van der Waals surface area contributed by atoms with Gasteiger partial charge >= 0.3 is 6.09 Å². The van der Waals surface area contributed by atoms with Crippen molar-refractivity contribution >= 4 is 23.3 Å². The second-order valence-electron chi connectivity index (χ2n) is 3.09. The summed E-state index contributed by atoms with van der Waals surface area (Å²) in [4.78, 5) is 25.9. The molecule has 1 heterocycles. The number of carbonyl (C=O) groups is 2. The molecule has 0 aliphatic rings. The molecule has 0 saturated carbocycles. The highest BCUT2D eigenvalue weighted by Crippen LogP contribution is 2.09. The highest BCUT2D eigenvalue weighted by Gasteiger charge is 2.09. The Bertz CT molecular complexity index is 393. The van der Waals surface area contributed by atoms with E-state index in [0.717, 1.165) is 5.01 Å². The second kappa shape index (κ2) is 6.81. The smallest absolute Gasteiger partial charge is 0.404 e. The molecule has 0 fully saturated rings. The molecule has 1 aromatic heterocycles. The van der Waals surface area contributed by atoms with Crippen molar-refractivity contribution in [3.63, 3.8) is 0 Å². The van der Waals surface area contributed by atoms with Crippen LogP contribution in [0.3, 0.4) is 0 Å². The van der Waals surface area contributed by atoms with E-state index in [2.05, 4.69) is 15.0 Å². The predicted molar refractivity (Wildman–Crippen MR) is 62.7 cm³/mol. The monoisotopic (exact) mass is 258 g/mol. The minimum Gasteiger partial charge on any atom is -0.448 e. The highest BCUT2D eigenvalue weighted by molar-refractivity contribution is 7.09. The molecule has 8 heteroatoms. The fourth-order valence-electron chi connectivity index (χ4n) is 1.06. The molecule has 7 nitrogen and oxygen atoms in total. The minimum absolute atomic E-state index is 0.0425. The number of ether oxygens (including phenoxy) is 1. The van der Waals surface area contributed by atoms with Crippen LogP contribution in [0.15, 0.2) is 5.38 Å². The molecule has 0 radical (unpaired) electrons. The second-order valence-corrected chi connectivity index (χ2v) is 4.03. The van der Waals surface area contributed by atoms with Crippen LogP contribution in [-0.4, -0.2) is 36.7 Å². The number of nitrogens with zero attached hydrogens (tertiary/aromatic N) is 1. The van der Waals surface area contributed by atoms with Crippen molar-refractivity contribution in [3.8, 4) is 0 Å². The Morgan fingerprint density at radius 3 is 2.94 bits per heavy atom. The Morgan fingerprint density at radius 2 is 2.29 bits per heavy atom. The first kappa shape index (κ1) is 13.4. The van der Waals surface area contributed by atoms with Crippen LogP contribution in [-0.2, 0) is 11.2 Å². The number of amides is 2. The normalized spacial score (nSPS) is 9.94. The largest absolute Gasteiger partial charge is 0.448 e. The van der Waals surface area contributed by atoms with Crippen molar-refractivity contribution in [2.24, 2.45) is 11.5 Å². The number of hydrogen-bond donors (Lipinski definition) is 3. The average Bonchev–Trinajstić information content (AvgIpc) is 2.73.